The van der Waals surface area contributed by atoms with Gasteiger partial charge in [-0.3, -0.25) is 9.69 Å². The van der Waals surface area contributed by atoms with E-state index in [1.807, 2.05) is 0 Å². The quantitative estimate of drug-likeness (QED) is 0.715. The summed E-state index contributed by atoms with van der Waals surface area (Å²) in [6.45, 7) is 1.99. The number of amides is 1. The molecule has 2 bridgehead atoms. The number of carbonyl (C=O) groups excluding carboxylic acids is 1. The molecule has 4 nitrogen and oxygen atoms in total. The molecule has 106 valence electrons. The molecule has 0 aromatic carbocycles. The van der Waals surface area contributed by atoms with Crippen LogP contribution in [0.2, 0.25) is 0 Å². The molecule has 0 aromatic rings. The van der Waals surface area contributed by atoms with E-state index < -0.39 is 0 Å². The van der Waals surface area contributed by atoms with Crippen molar-refractivity contribution in [2.75, 3.05) is 13.1 Å². The largest absolute Gasteiger partial charge is 0.378 e. The topological polar surface area (TPSA) is 43.8 Å². The molecule has 0 saturated carbocycles. The van der Waals surface area contributed by atoms with Crippen LogP contribution in [0.25, 0.3) is 0 Å². The molecule has 4 aliphatic heterocycles. The first-order valence-electron chi connectivity index (χ1n) is 8.00. The van der Waals surface area contributed by atoms with Crippen LogP contribution in [0.15, 0.2) is 0 Å². The number of fused-ring (bicyclic) bond motifs is 6. The first-order chi connectivity index (χ1) is 9.25. The van der Waals surface area contributed by atoms with Crippen molar-refractivity contribution in [2.24, 2.45) is 11.8 Å². The summed E-state index contributed by atoms with van der Waals surface area (Å²) in [6, 6.07) is 0.781. The van der Waals surface area contributed by atoms with E-state index in [9.17, 15) is 9.90 Å². The Morgan fingerprint density at radius 2 is 1.89 bits per heavy atom. The van der Waals surface area contributed by atoms with E-state index in [0.29, 0.717) is 23.9 Å². The standard InChI is InChI=1S/C15H24N2O2/c18-14-6-3-5-13-11-8-10(9-17(13)14)12-4-1-2-7-16(12)15(11)19/h10-14,18H,1-9H2/t10-,11?,12+,13-,14?/m1/s1. The van der Waals surface area contributed by atoms with Gasteiger partial charge in [-0.15, -0.1) is 0 Å². The molecular formula is C15H24N2O2. The third kappa shape index (κ3) is 1.76. The van der Waals surface area contributed by atoms with E-state index >= 15 is 0 Å². The number of aliphatic hydroxyl groups is 1. The molecule has 19 heavy (non-hydrogen) atoms. The summed E-state index contributed by atoms with van der Waals surface area (Å²) in [5.41, 5.74) is 0. The van der Waals surface area contributed by atoms with Crippen LogP contribution in [0, 0.1) is 11.8 Å². The minimum atomic E-state index is -0.299. The predicted molar refractivity (Wildman–Crippen MR) is 71.3 cm³/mol. The second-order valence-electron chi connectivity index (χ2n) is 6.87. The zero-order valence-electron chi connectivity index (χ0n) is 11.5. The highest BCUT2D eigenvalue weighted by molar-refractivity contribution is 5.81. The van der Waals surface area contributed by atoms with Crippen LogP contribution in [0.1, 0.15) is 44.9 Å². The van der Waals surface area contributed by atoms with Crippen molar-refractivity contribution in [1.29, 1.82) is 0 Å². The van der Waals surface area contributed by atoms with Crippen molar-refractivity contribution in [3.05, 3.63) is 0 Å². The average molecular weight is 264 g/mol. The second-order valence-corrected chi connectivity index (χ2v) is 6.87. The molecule has 0 aromatic heterocycles. The third-order valence-corrected chi connectivity index (χ3v) is 5.93. The van der Waals surface area contributed by atoms with Crippen molar-refractivity contribution in [1.82, 2.24) is 9.80 Å². The van der Waals surface area contributed by atoms with Crippen molar-refractivity contribution >= 4 is 5.91 Å². The lowest BCUT2D eigenvalue weighted by atomic mass is 9.70. The van der Waals surface area contributed by atoms with Gasteiger partial charge in [0.2, 0.25) is 5.91 Å². The Morgan fingerprint density at radius 1 is 1.05 bits per heavy atom. The summed E-state index contributed by atoms with van der Waals surface area (Å²) in [4.78, 5) is 17.2. The smallest absolute Gasteiger partial charge is 0.227 e. The lowest BCUT2D eigenvalue weighted by Crippen LogP contribution is -2.67. The van der Waals surface area contributed by atoms with Crippen LogP contribution >= 0.6 is 0 Å². The summed E-state index contributed by atoms with van der Waals surface area (Å²) in [6.07, 6.45) is 7.45. The zero-order chi connectivity index (χ0) is 13.0. The molecule has 5 atom stereocenters. The Kier molecular flexibility index (Phi) is 2.85. The number of aliphatic hydroxyl groups excluding tert-OH is 1. The Bertz CT molecular complexity index is 386. The van der Waals surface area contributed by atoms with Gasteiger partial charge < -0.3 is 10.0 Å². The summed E-state index contributed by atoms with van der Waals surface area (Å²) < 4.78 is 0. The van der Waals surface area contributed by atoms with Gasteiger partial charge in [-0.05, 0) is 50.9 Å². The maximum absolute atomic E-state index is 12.7. The highest BCUT2D eigenvalue weighted by Gasteiger charge is 2.52. The fraction of sp³-hybridized carbons (Fsp3) is 0.933. The van der Waals surface area contributed by atoms with E-state index in [0.717, 1.165) is 38.8 Å². The van der Waals surface area contributed by atoms with Gasteiger partial charge in [0.05, 0.1) is 5.92 Å². The number of hydrogen-bond acceptors (Lipinski definition) is 3. The van der Waals surface area contributed by atoms with Crippen LogP contribution in [0.4, 0.5) is 0 Å². The predicted octanol–water partition coefficient (Wildman–Crippen LogP) is 1.19. The molecule has 1 amide bonds. The van der Waals surface area contributed by atoms with Crippen molar-refractivity contribution in [3.8, 4) is 0 Å². The van der Waals surface area contributed by atoms with Crippen LogP contribution in [-0.4, -0.2) is 52.2 Å². The molecule has 0 spiro atoms. The van der Waals surface area contributed by atoms with Gasteiger partial charge in [0.15, 0.2) is 0 Å². The molecule has 0 radical (unpaired) electrons. The maximum Gasteiger partial charge on any atom is 0.227 e. The number of piperidine rings is 4. The Balaban J connectivity index is 1.64. The number of rotatable bonds is 0. The van der Waals surface area contributed by atoms with Gasteiger partial charge in [0.1, 0.15) is 6.23 Å². The van der Waals surface area contributed by atoms with Gasteiger partial charge in [-0.2, -0.15) is 0 Å². The van der Waals surface area contributed by atoms with Gasteiger partial charge >= 0.3 is 0 Å². The Hall–Kier alpha value is -0.610. The summed E-state index contributed by atoms with van der Waals surface area (Å²) in [7, 11) is 0. The molecule has 4 heterocycles. The molecule has 2 unspecified atom stereocenters. The zero-order valence-corrected chi connectivity index (χ0v) is 11.5. The average Bonchev–Trinajstić information content (AvgIpc) is 2.45. The van der Waals surface area contributed by atoms with Crippen LogP contribution in [0.3, 0.4) is 0 Å². The number of nitrogens with zero attached hydrogens (tertiary/aromatic N) is 2. The normalized spacial score (nSPS) is 46.7. The van der Waals surface area contributed by atoms with E-state index in [2.05, 4.69) is 9.80 Å². The minimum Gasteiger partial charge on any atom is -0.378 e. The second kappa shape index (κ2) is 4.45. The van der Waals surface area contributed by atoms with Crippen molar-refractivity contribution in [2.45, 2.75) is 63.3 Å². The van der Waals surface area contributed by atoms with Gasteiger partial charge in [0, 0.05) is 25.2 Å². The fourth-order valence-corrected chi connectivity index (χ4v) is 5.06. The SMILES string of the molecule is O=C1C2C[C@H](CN3C(O)CCC[C@H]23)[C@@H]2CCCCN12. The third-order valence-electron chi connectivity index (χ3n) is 5.93. The molecule has 0 aliphatic carbocycles. The number of hydrogen-bond donors (Lipinski definition) is 1. The van der Waals surface area contributed by atoms with Gasteiger partial charge in [-0.1, -0.05) is 0 Å². The van der Waals surface area contributed by atoms with E-state index in [4.69, 9.17) is 0 Å². The van der Waals surface area contributed by atoms with Gasteiger partial charge in [0.25, 0.3) is 0 Å². The monoisotopic (exact) mass is 264 g/mol. The van der Waals surface area contributed by atoms with E-state index in [1.165, 1.54) is 19.3 Å². The fourth-order valence-electron chi connectivity index (χ4n) is 5.06. The molecule has 4 saturated heterocycles. The Labute approximate surface area is 114 Å². The van der Waals surface area contributed by atoms with Gasteiger partial charge in [-0.25, -0.2) is 0 Å². The molecular weight excluding hydrogens is 240 g/mol. The first-order valence-corrected chi connectivity index (χ1v) is 8.00. The lowest BCUT2D eigenvalue weighted by molar-refractivity contribution is -0.172. The van der Waals surface area contributed by atoms with Crippen molar-refractivity contribution < 1.29 is 9.90 Å². The summed E-state index contributed by atoms with van der Waals surface area (Å²) >= 11 is 0. The first kappa shape index (κ1) is 12.2. The Morgan fingerprint density at radius 3 is 2.79 bits per heavy atom. The van der Waals surface area contributed by atoms with Crippen LogP contribution in [0.5, 0.6) is 0 Å². The maximum atomic E-state index is 12.7. The summed E-state index contributed by atoms with van der Waals surface area (Å²) in [5.74, 6) is 1.17. The summed E-state index contributed by atoms with van der Waals surface area (Å²) in [5, 5.41) is 10.2. The van der Waals surface area contributed by atoms with E-state index in [-0.39, 0.29) is 12.1 Å². The molecule has 1 N–H and O–H groups in total. The van der Waals surface area contributed by atoms with Crippen LogP contribution < -0.4 is 0 Å². The molecule has 4 rings (SSSR count). The van der Waals surface area contributed by atoms with E-state index in [1.54, 1.807) is 0 Å². The van der Waals surface area contributed by atoms with Crippen molar-refractivity contribution in [3.63, 3.8) is 0 Å². The minimum absolute atomic E-state index is 0.169. The lowest BCUT2D eigenvalue weighted by Gasteiger charge is -2.57. The molecule has 4 fully saturated rings. The van der Waals surface area contributed by atoms with Crippen LogP contribution in [-0.2, 0) is 4.79 Å². The molecule has 4 aliphatic rings. The highest BCUT2D eigenvalue weighted by Crippen LogP contribution is 2.44. The molecule has 4 heteroatoms. The highest BCUT2D eigenvalue weighted by atomic mass is 16.3. The number of carbonyl (C=O) groups is 1.